The summed E-state index contributed by atoms with van der Waals surface area (Å²) in [4.78, 5) is 0. The van der Waals surface area contributed by atoms with Crippen molar-refractivity contribution in [1.29, 1.82) is 0 Å². The predicted molar refractivity (Wildman–Crippen MR) is 72.0 cm³/mol. The van der Waals surface area contributed by atoms with E-state index in [9.17, 15) is 4.39 Å². The fourth-order valence-corrected chi connectivity index (χ4v) is 2.76. The summed E-state index contributed by atoms with van der Waals surface area (Å²) in [6, 6.07) is 4.17. The van der Waals surface area contributed by atoms with Gasteiger partial charge in [-0.05, 0) is 39.7 Å². The molecule has 3 N–H and O–H groups in total. The second-order valence-corrected chi connectivity index (χ2v) is 5.36. The Morgan fingerprint density at radius 3 is 2.61 bits per heavy atom. The molecule has 1 aromatic heterocycles. The average molecular weight is 379 g/mol. The number of hydrogen-bond donors (Lipinski definition) is 2. The highest BCUT2D eigenvalue weighted by Gasteiger charge is 2.21. The van der Waals surface area contributed by atoms with E-state index in [1.54, 1.807) is 17.8 Å². The lowest BCUT2D eigenvalue weighted by Gasteiger charge is -2.17. The van der Waals surface area contributed by atoms with Crippen LogP contribution in [-0.4, -0.2) is 15.0 Å². The zero-order valence-electron chi connectivity index (χ0n) is 9.36. The van der Waals surface area contributed by atoms with Crippen LogP contribution >= 0.6 is 31.9 Å². The number of aryl methyl sites for hydroxylation is 1. The molecule has 2 aromatic rings. The normalized spacial score (nSPS) is 12.7. The Kier molecular flexibility index (Phi) is 4.10. The third-order valence-corrected chi connectivity index (χ3v) is 3.51. The molecular weight excluding hydrogens is 369 g/mol. The molecule has 0 bridgehead atoms. The molecule has 0 saturated carbocycles. The minimum absolute atomic E-state index is 0.342. The molecule has 0 spiro atoms. The van der Waals surface area contributed by atoms with E-state index in [2.05, 4.69) is 47.6 Å². The molecule has 18 heavy (non-hydrogen) atoms. The first-order chi connectivity index (χ1) is 8.52. The zero-order chi connectivity index (χ0) is 13.3. The van der Waals surface area contributed by atoms with Gasteiger partial charge in [0.2, 0.25) is 0 Å². The molecule has 0 aliphatic carbocycles. The Hall–Kier alpha value is -0.830. The van der Waals surface area contributed by atoms with Crippen LogP contribution in [0.25, 0.3) is 0 Å². The van der Waals surface area contributed by atoms with Gasteiger partial charge in [-0.1, -0.05) is 21.1 Å². The van der Waals surface area contributed by atoms with Gasteiger partial charge in [0, 0.05) is 11.5 Å². The molecule has 0 amide bonds. The fourth-order valence-electron chi connectivity index (χ4n) is 1.72. The summed E-state index contributed by atoms with van der Waals surface area (Å²) >= 11 is 6.55. The van der Waals surface area contributed by atoms with E-state index in [1.165, 1.54) is 12.1 Å². The van der Waals surface area contributed by atoms with Gasteiger partial charge in [0.05, 0.1) is 11.7 Å². The first kappa shape index (κ1) is 13.6. The molecule has 1 aromatic carbocycles. The Balaban J connectivity index is 2.52. The number of nitrogens with two attached hydrogens (primary N) is 1. The second kappa shape index (κ2) is 5.43. The van der Waals surface area contributed by atoms with E-state index in [1.807, 2.05) is 0 Å². The lowest BCUT2D eigenvalue weighted by molar-refractivity contribution is 0.561. The standard InChI is InChI=1S/C10H10Br2FN5/c1-18-9(10(12)16-17-18)8(15-14)5-2-6(11)4-7(13)3-5/h2-4,8,15H,14H2,1H3. The molecule has 0 radical (unpaired) electrons. The molecule has 0 aliphatic heterocycles. The number of hydrogen-bond acceptors (Lipinski definition) is 4. The number of rotatable bonds is 3. The van der Waals surface area contributed by atoms with Crippen molar-refractivity contribution in [2.75, 3.05) is 0 Å². The van der Waals surface area contributed by atoms with Gasteiger partial charge in [0.1, 0.15) is 5.82 Å². The molecule has 5 nitrogen and oxygen atoms in total. The van der Waals surface area contributed by atoms with Crippen LogP contribution < -0.4 is 11.3 Å². The lowest BCUT2D eigenvalue weighted by atomic mass is 10.0. The largest absolute Gasteiger partial charge is 0.271 e. The molecule has 2 rings (SSSR count). The SMILES string of the molecule is Cn1nnc(Br)c1C(NN)c1cc(F)cc(Br)c1. The Bertz CT molecular complexity index is 532. The summed E-state index contributed by atoms with van der Waals surface area (Å²) < 4.78 is 16.2. The van der Waals surface area contributed by atoms with E-state index < -0.39 is 6.04 Å². The lowest BCUT2D eigenvalue weighted by Crippen LogP contribution is -2.30. The molecule has 0 saturated heterocycles. The molecule has 1 unspecified atom stereocenters. The van der Waals surface area contributed by atoms with Gasteiger partial charge < -0.3 is 0 Å². The summed E-state index contributed by atoms with van der Waals surface area (Å²) in [5.74, 6) is 5.21. The van der Waals surface area contributed by atoms with Gasteiger partial charge >= 0.3 is 0 Å². The van der Waals surface area contributed by atoms with Crippen LogP contribution in [-0.2, 0) is 7.05 Å². The quantitative estimate of drug-likeness (QED) is 0.633. The van der Waals surface area contributed by atoms with Crippen LogP contribution in [0, 0.1) is 5.82 Å². The molecule has 0 aliphatic rings. The maximum absolute atomic E-state index is 13.4. The number of nitrogens with zero attached hydrogens (tertiary/aromatic N) is 3. The van der Waals surface area contributed by atoms with E-state index in [0.717, 1.165) is 5.69 Å². The van der Waals surface area contributed by atoms with Crippen molar-refractivity contribution in [1.82, 2.24) is 20.4 Å². The first-order valence-corrected chi connectivity index (χ1v) is 6.58. The zero-order valence-corrected chi connectivity index (χ0v) is 12.5. The van der Waals surface area contributed by atoms with Gasteiger partial charge in [-0.15, -0.1) is 5.10 Å². The van der Waals surface area contributed by atoms with Crippen molar-refractivity contribution in [3.8, 4) is 0 Å². The molecular formula is C10H10Br2FN5. The topological polar surface area (TPSA) is 68.8 Å². The van der Waals surface area contributed by atoms with E-state index >= 15 is 0 Å². The molecule has 8 heteroatoms. The molecule has 0 fully saturated rings. The highest BCUT2D eigenvalue weighted by molar-refractivity contribution is 9.10. The Morgan fingerprint density at radius 1 is 1.39 bits per heavy atom. The van der Waals surface area contributed by atoms with Crippen molar-refractivity contribution < 1.29 is 4.39 Å². The van der Waals surface area contributed by atoms with Gasteiger partial charge in [0.25, 0.3) is 0 Å². The summed E-state index contributed by atoms with van der Waals surface area (Å²) in [7, 11) is 1.74. The van der Waals surface area contributed by atoms with Crippen molar-refractivity contribution in [3.05, 3.63) is 44.3 Å². The van der Waals surface area contributed by atoms with Crippen LogP contribution in [0.1, 0.15) is 17.3 Å². The number of benzene rings is 1. The van der Waals surface area contributed by atoms with Crippen LogP contribution in [0.4, 0.5) is 4.39 Å². The third kappa shape index (κ3) is 2.61. The van der Waals surface area contributed by atoms with Gasteiger partial charge in [-0.2, -0.15) is 0 Å². The molecule has 1 heterocycles. The highest BCUT2D eigenvalue weighted by Crippen LogP contribution is 2.28. The van der Waals surface area contributed by atoms with E-state index in [-0.39, 0.29) is 5.82 Å². The van der Waals surface area contributed by atoms with Crippen molar-refractivity contribution in [3.63, 3.8) is 0 Å². The van der Waals surface area contributed by atoms with Crippen LogP contribution in [0.15, 0.2) is 27.3 Å². The van der Waals surface area contributed by atoms with Crippen molar-refractivity contribution >= 4 is 31.9 Å². The van der Waals surface area contributed by atoms with Crippen LogP contribution in [0.2, 0.25) is 0 Å². The predicted octanol–water partition coefficient (Wildman–Crippen LogP) is 2.03. The van der Waals surface area contributed by atoms with Gasteiger partial charge in [0.15, 0.2) is 4.60 Å². The Morgan fingerprint density at radius 2 is 2.11 bits per heavy atom. The van der Waals surface area contributed by atoms with Crippen molar-refractivity contribution in [2.45, 2.75) is 6.04 Å². The smallest absolute Gasteiger partial charge is 0.153 e. The fraction of sp³-hybridized carbons (Fsp3) is 0.200. The third-order valence-electron chi connectivity index (χ3n) is 2.49. The summed E-state index contributed by atoms with van der Waals surface area (Å²) in [6.45, 7) is 0. The maximum atomic E-state index is 13.4. The van der Waals surface area contributed by atoms with E-state index in [0.29, 0.717) is 14.6 Å². The van der Waals surface area contributed by atoms with Gasteiger partial charge in [-0.3, -0.25) is 5.84 Å². The van der Waals surface area contributed by atoms with Crippen molar-refractivity contribution in [2.24, 2.45) is 12.9 Å². The number of aromatic nitrogens is 3. The number of halogens is 3. The van der Waals surface area contributed by atoms with Gasteiger partial charge in [-0.25, -0.2) is 14.5 Å². The van der Waals surface area contributed by atoms with Crippen LogP contribution in [0.3, 0.4) is 0 Å². The first-order valence-electron chi connectivity index (χ1n) is 5.00. The molecule has 96 valence electrons. The highest BCUT2D eigenvalue weighted by atomic mass is 79.9. The minimum atomic E-state index is -0.411. The monoisotopic (exact) mass is 377 g/mol. The summed E-state index contributed by atoms with van der Waals surface area (Å²) in [6.07, 6.45) is 0. The second-order valence-electron chi connectivity index (χ2n) is 3.69. The minimum Gasteiger partial charge on any atom is -0.271 e. The maximum Gasteiger partial charge on any atom is 0.153 e. The average Bonchev–Trinajstić information content (AvgIpc) is 2.61. The number of nitrogens with one attached hydrogen (secondary N) is 1. The van der Waals surface area contributed by atoms with Crippen LogP contribution in [0.5, 0.6) is 0 Å². The molecule has 1 atom stereocenters. The van der Waals surface area contributed by atoms with E-state index in [4.69, 9.17) is 5.84 Å². The summed E-state index contributed by atoms with van der Waals surface area (Å²) in [5.41, 5.74) is 4.03. The Labute approximate surface area is 120 Å². The number of hydrazine groups is 1. The summed E-state index contributed by atoms with van der Waals surface area (Å²) in [5, 5.41) is 7.76.